The van der Waals surface area contributed by atoms with Crippen molar-refractivity contribution in [3.05, 3.63) is 0 Å². The summed E-state index contributed by atoms with van der Waals surface area (Å²) in [6.07, 6.45) is 2.09. The second kappa shape index (κ2) is 6.02. The molecule has 0 aromatic rings. The van der Waals surface area contributed by atoms with Crippen molar-refractivity contribution in [1.82, 2.24) is 4.90 Å². The zero-order valence-electron chi connectivity index (χ0n) is 6.36. The van der Waals surface area contributed by atoms with Crippen LogP contribution in [-0.2, 0) is 0 Å². The molecule has 0 fully saturated rings. The molecule has 0 aliphatic heterocycles. The lowest BCUT2D eigenvalue weighted by atomic mass is 10.4. The van der Waals surface area contributed by atoms with E-state index in [9.17, 15) is 4.39 Å². The molecule has 0 bridgehead atoms. The van der Waals surface area contributed by atoms with Crippen LogP contribution in [0.2, 0.25) is 0 Å². The average Bonchev–Trinajstić information content (AvgIpc) is 1.88. The summed E-state index contributed by atoms with van der Waals surface area (Å²) < 4.78 is 12.0. The predicted molar refractivity (Wildman–Crippen MR) is 38.1 cm³/mol. The Kier molecular flexibility index (Phi) is 5.94. The lowest BCUT2D eigenvalue weighted by Gasteiger charge is -2.15. The van der Waals surface area contributed by atoms with Crippen molar-refractivity contribution in [3.8, 4) is 0 Å². The van der Waals surface area contributed by atoms with Gasteiger partial charge in [-0.1, -0.05) is 13.8 Å². The van der Waals surface area contributed by atoms with Gasteiger partial charge in [0.15, 0.2) is 0 Å². The normalized spacial score (nSPS) is 10.7. The molecule has 0 heterocycles. The molecule has 0 N–H and O–H groups in total. The number of halogens is 1. The summed E-state index contributed by atoms with van der Waals surface area (Å²) in [7, 11) is 0. The van der Waals surface area contributed by atoms with Crippen LogP contribution in [0.1, 0.15) is 26.7 Å². The molecule has 0 atom stereocenters. The first-order chi connectivity index (χ1) is 4.35. The summed E-state index contributed by atoms with van der Waals surface area (Å²) in [6.45, 7) is 5.63. The highest BCUT2D eigenvalue weighted by Gasteiger charge is 1.98. The first-order valence-corrected chi connectivity index (χ1v) is 3.63. The van der Waals surface area contributed by atoms with E-state index in [-0.39, 0.29) is 6.80 Å². The number of alkyl halides is 1. The fourth-order valence-corrected chi connectivity index (χ4v) is 0.864. The standard InChI is InChI=1S/C7H16FN/c1-3-5-9(7-8)6-4-2/h3-7H2,1-2H3. The van der Waals surface area contributed by atoms with Gasteiger partial charge in [0.05, 0.1) is 0 Å². The molecule has 0 aromatic carbocycles. The largest absolute Gasteiger partial charge is 0.277 e. The van der Waals surface area contributed by atoms with E-state index in [4.69, 9.17) is 0 Å². The number of hydrogen-bond acceptors (Lipinski definition) is 1. The molecule has 0 radical (unpaired) electrons. The Balaban J connectivity index is 3.18. The van der Waals surface area contributed by atoms with Gasteiger partial charge in [-0.15, -0.1) is 0 Å². The highest BCUT2D eigenvalue weighted by Crippen LogP contribution is 1.92. The van der Waals surface area contributed by atoms with Crippen LogP contribution >= 0.6 is 0 Å². The van der Waals surface area contributed by atoms with E-state index in [2.05, 4.69) is 13.8 Å². The molecule has 0 saturated heterocycles. The smallest absolute Gasteiger partial charge is 0.143 e. The average molecular weight is 133 g/mol. The van der Waals surface area contributed by atoms with E-state index in [1.807, 2.05) is 4.90 Å². The van der Waals surface area contributed by atoms with Crippen molar-refractivity contribution in [2.75, 3.05) is 19.9 Å². The zero-order valence-corrected chi connectivity index (χ0v) is 6.36. The molecule has 0 aromatic heterocycles. The van der Waals surface area contributed by atoms with Crippen LogP contribution in [-0.4, -0.2) is 24.8 Å². The Bertz CT molecular complexity index is 50.9. The first-order valence-electron chi connectivity index (χ1n) is 3.63. The van der Waals surface area contributed by atoms with Gasteiger partial charge < -0.3 is 0 Å². The third-order valence-corrected chi connectivity index (χ3v) is 1.25. The Morgan fingerprint density at radius 1 is 1.11 bits per heavy atom. The maximum atomic E-state index is 12.0. The van der Waals surface area contributed by atoms with Crippen molar-refractivity contribution >= 4 is 0 Å². The van der Waals surface area contributed by atoms with Crippen LogP contribution in [0.25, 0.3) is 0 Å². The maximum absolute atomic E-state index is 12.0. The highest BCUT2D eigenvalue weighted by molar-refractivity contribution is 4.48. The van der Waals surface area contributed by atoms with E-state index in [1.54, 1.807) is 0 Å². The Morgan fingerprint density at radius 2 is 1.56 bits per heavy atom. The van der Waals surface area contributed by atoms with Crippen LogP contribution in [0.5, 0.6) is 0 Å². The van der Waals surface area contributed by atoms with Gasteiger partial charge in [-0.25, -0.2) is 4.39 Å². The topological polar surface area (TPSA) is 3.24 Å². The van der Waals surface area contributed by atoms with Gasteiger partial charge >= 0.3 is 0 Å². The van der Waals surface area contributed by atoms with Crippen LogP contribution < -0.4 is 0 Å². The molecule has 0 aliphatic rings. The Hall–Kier alpha value is -0.110. The molecule has 0 amide bonds. The molecule has 0 aliphatic carbocycles. The predicted octanol–water partition coefficient (Wildman–Crippen LogP) is 2.04. The summed E-state index contributed by atoms with van der Waals surface area (Å²) in [6, 6.07) is 0. The molecule has 9 heavy (non-hydrogen) atoms. The van der Waals surface area contributed by atoms with Crippen LogP contribution in [0, 0.1) is 0 Å². The number of hydrogen-bond donors (Lipinski definition) is 0. The van der Waals surface area contributed by atoms with Crippen molar-refractivity contribution < 1.29 is 4.39 Å². The maximum Gasteiger partial charge on any atom is 0.143 e. The van der Waals surface area contributed by atoms with Crippen molar-refractivity contribution in [3.63, 3.8) is 0 Å². The molecule has 56 valence electrons. The van der Waals surface area contributed by atoms with Gasteiger partial charge in [0, 0.05) is 13.1 Å². The van der Waals surface area contributed by atoms with Gasteiger partial charge in [0.1, 0.15) is 6.80 Å². The zero-order chi connectivity index (χ0) is 7.11. The first kappa shape index (κ1) is 8.89. The van der Waals surface area contributed by atoms with Gasteiger partial charge in [0.25, 0.3) is 0 Å². The Morgan fingerprint density at radius 3 is 1.78 bits per heavy atom. The van der Waals surface area contributed by atoms with Crippen molar-refractivity contribution in [2.24, 2.45) is 0 Å². The van der Waals surface area contributed by atoms with E-state index in [0.29, 0.717) is 0 Å². The van der Waals surface area contributed by atoms with Crippen molar-refractivity contribution in [2.45, 2.75) is 26.7 Å². The van der Waals surface area contributed by atoms with E-state index < -0.39 is 0 Å². The quantitative estimate of drug-likeness (QED) is 0.519. The number of rotatable bonds is 5. The van der Waals surface area contributed by atoms with Gasteiger partial charge in [0.2, 0.25) is 0 Å². The van der Waals surface area contributed by atoms with Crippen LogP contribution in [0.3, 0.4) is 0 Å². The third-order valence-electron chi connectivity index (χ3n) is 1.25. The molecular weight excluding hydrogens is 117 g/mol. The van der Waals surface area contributed by atoms with Crippen LogP contribution in [0.15, 0.2) is 0 Å². The third kappa shape index (κ3) is 4.40. The van der Waals surface area contributed by atoms with E-state index in [1.165, 1.54) is 0 Å². The highest BCUT2D eigenvalue weighted by atomic mass is 19.1. The molecule has 1 nitrogen and oxygen atoms in total. The summed E-state index contributed by atoms with van der Waals surface area (Å²) in [4.78, 5) is 1.82. The molecule has 0 saturated carbocycles. The second-order valence-electron chi connectivity index (χ2n) is 2.24. The summed E-state index contributed by atoms with van der Waals surface area (Å²) in [5, 5.41) is 0. The minimum absolute atomic E-state index is 0.290. The lowest BCUT2D eigenvalue weighted by Crippen LogP contribution is -2.24. The van der Waals surface area contributed by atoms with Gasteiger partial charge in [-0.2, -0.15) is 0 Å². The van der Waals surface area contributed by atoms with Gasteiger partial charge in [-0.05, 0) is 12.8 Å². The summed E-state index contributed by atoms with van der Waals surface area (Å²) in [5.74, 6) is 0. The number of nitrogens with zero attached hydrogens (tertiary/aromatic N) is 1. The molecule has 0 unspecified atom stereocenters. The van der Waals surface area contributed by atoms with E-state index >= 15 is 0 Å². The van der Waals surface area contributed by atoms with Crippen molar-refractivity contribution in [1.29, 1.82) is 0 Å². The summed E-state index contributed by atoms with van der Waals surface area (Å²) in [5.41, 5.74) is 0. The summed E-state index contributed by atoms with van der Waals surface area (Å²) >= 11 is 0. The monoisotopic (exact) mass is 133 g/mol. The fraction of sp³-hybridized carbons (Fsp3) is 1.00. The Labute approximate surface area is 56.9 Å². The minimum atomic E-state index is -0.290. The van der Waals surface area contributed by atoms with Crippen LogP contribution in [0.4, 0.5) is 4.39 Å². The molecule has 2 heteroatoms. The minimum Gasteiger partial charge on any atom is -0.277 e. The lowest BCUT2D eigenvalue weighted by molar-refractivity contribution is 0.186. The molecular formula is C7H16FN. The van der Waals surface area contributed by atoms with E-state index in [0.717, 1.165) is 25.9 Å². The fourth-order valence-electron chi connectivity index (χ4n) is 0.864. The molecule has 0 spiro atoms. The second-order valence-corrected chi connectivity index (χ2v) is 2.24. The van der Waals surface area contributed by atoms with Gasteiger partial charge in [-0.3, -0.25) is 4.90 Å². The molecule has 0 rings (SSSR count). The SMILES string of the molecule is CCCN(CF)CCC.